The Morgan fingerprint density at radius 3 is 2.22 bits per heavy atom. The van der Waals surface area contributed by atoms with Gasteiger partial charge in [0.1, 0.15) is 36.0 Å². The fourth-order valence-corrected chi connectivity index (χ4v) is 5.21. The molecule has 1 aliphatic heterocycles. The minimum atomic E-state index is -1.34. The van der Waals surface area contributed by atoms with Gasteiger partial charge in [0, 0.05) is 26.3 Å². The topological polar surface area (TPSA) is 273 Å². The molecule has 1 fully saturated rings. The van der Waals surface area contributed by atoms with Gasteiger partial charge in [-0.3, -0.25) is 38.4 Å². The highest BCUT2D eigenvalue weighted by molar-refractivity contribution is 5.96. The zero-order valence-corrected chi connectivity index (χ0v) is 29.0. The van der Waals surface area contributed by atoms with Gasteiger partial charge < -0.3 is 48.7 Å². The summed E-state index contributed by atoms with van der Waals surface area (Å²) in [7, 11) is 0. The molecule has 0 saturated carbocycles. The van der Waals surface area contributed by atoms with Gasteiger partial charge in [-0.2, -0.15) is 0 Å². The number of amides is 8. The second-order valence-corrected chi connectivity index (χ2v) is 12.3. The number of carbonyl (C=O) groups is 8. The van der Waals surface area contributed by atoms with Crippen LogP contribution in [-0.4, -0.2) is 97.1 Å². The van der Waals surface area contributed by atoms with Gasteiger partial charge in [0.15, 0.2) is 0 Å². The van der Waals surface area contributed by atoms with E-state index in [1.807, 2.05) is 6.92 Å². The van der Waals surface area contributed by atoms with E-state index in [1.54, 1.807) is 0 Å². The molecule has 11 N–H and O–H groups in total. The summed E-state index contributed by atoms with van der Waals surface area (Å²) < 4.78 is 13.6. The third-order valence-corrected chi connectivity index (χ3v) is 8.01. The molecule has 0 spiro atoms. The van der Waals surface area contributed by atoms with Crippen LogP contribution < -0.4 is 48.7 Å². The smallest absolute Gasteiger partial charge is 0.243 e. The standard InChI is InChI=1S/C33H50FN9O8/c1-3-4-6-23(39-19(2)44)31(49)42-25-12-13-27(45)37-16-14-22(29(36)47)40-28(46)18-38-30(48)26(17-20-8-10-21(34)11-9-20)43-32(50)24(7-5-15-35)41-33(25)51/h8-11,22-26H,3-7,12-18,35H2,1-2H3,(H2,36,47)(H,37,45)(H,38,48)(H,39,44)(H,40,46)(H,41,51)(H,42,49)(H,43,50)/t22?,23-,24-,25?,26?/m0/s1. The van der Waals surface area contributed by atoms with Crippen molar-refractivity contribution in [2.24, 2.45) is 11.5 Å². The van der Waals surface area contributed by atoms with Crippen LogP contribution in [0, 0.1) is 5.82 Å². The largest absolute Gasteiger partial charge is 0.368 e. The number of hydrogen-bond donors (Lipinski definition) is 9. The van der Waals surface area contributed by atoms with Crippen molar-refractivity contribution in [1.82, 2.24) is 37.2 Å². The molecule has 5 atom stereocenters. The summed E-state index contributed by atoms with van der Waals surface area (Å²) >= 11 is 0. The second kappa shape index (κ2) is 21.8. The number of carbonyl (C=O) groups excluding carboxylic acids is 8. The van der Waals surface area contributed by atoms with Gasteiger partial charge in [-0.05, 0) is 56.3 Å². The van der Waals surface area contributed by atoms with Crippen molar-refractivity contribution >= 4 is 47.3 Å². The number of primary amides is 1. The number of benzene rings is 1. The van der Waals surface area contributed by atoms with E-state index < -0.39 is 89.8 Å². The molecule has 1 aromatic carbocycles. The van der Waals surface area contributed by atoms with Gasteiger partial charge in [0.05, 0.1) is 6.54 Å². The van der Waals surface area contributed by atoms with Crippen molar-refractivity contribution in [2.45, 2.75) is 102 Å². The van der Waals surface area contributed by atoms with Crippen molar-refractivity contribution in [2.75, 3.05) is 19.6 Å². The molecule has 17 nitrogen and oxygen atoms in total. The molecular weight excluding hydrogens is 669 g/mol. The van der Waals surface area contributed by atoms with E-state index >= 15 is 0 Å². The zero-order chi connectivity index (χ0) is 37.9. The molecule has 18 heteroatoms. The first-order chi connectivity index (χ1) is 24.2. The lowest BCUT2D eigenvalue weighted by Gasteiger charge is -2.26. The third-order valence-electron chi connectivity index (χ3n) is 8.01. The summed E-state index contributed by atoms with van der Waals surface area (Å²) in [5.74, 6) is -6.27. The first kappa shape index (κ1) is 42.0. The molecule has 1 saturated heterocycles. The van der Waals surface area contributed by atoms with Crippen molar-refractivity contribution in [1.29, 1.82) is 0 Å². The van der Waals surface area contributed by atoms with Crippen molar-refractivity contribution < 1.29 is 42.7 Å². The highest BCUT2D eigenvalue weighted by Crippen LogP contribution is 2.09. The van der Waals surface area contributed by atoms with Gasteiger partial charge in [-0.15, -0.1) is 0 Å². The van der Waals surface area contributed by atoms with Crippen LogP contribution in [0.2, 0.25) is 0 Å². The van der Waals surface area contributed by atoms with E-state index in [-0.39, 0.29) is 58.0 Å². The summed E-state index contributed by atoms with van der Waals surface area (Å²) in [6, 6.07) is -0.906. The number of nitrogens with two attached hydrogens (primary N) is 2. The summed E-state index contributed by atoms with van der Waals surface area (Å²) in [5.41, 5.74) is 11.6. The van der Waals surface area contributed by atoms with Gasteiger partial charge >= 0.3 is 0 Å². The van der Waals surface area contributed by atoms with E-state index in [4.69, 9.17) is 11.5 Å². The van der Waals surface area contributed by atoms with Crippen LogP contribution in [0.5, 0.6) is 0 Å². The lowest BCUT2D eigenvalue weighted by molar-refractivity contribution is -0.135. The maximum Gasteiger partial charge on any atom is 0.243 e. The van der Waals surface area contributed by atoms with Crippen LogP contribution >= 0.6 is 0 Å². The molecular formula is C33H50FN9O8. The number of rotatable bonds is 12. The highest BCUT2D eigenvalue weighted by atomic mass is 19.1. The minimum absolute atomic E-state index is 0.0298. The first-order valence-corrected chi connectivity index (χ1v) is 17.0. The van der Waals surface area contributed by atoms with E-state index in [1.165, 1.54) is 31.2 Å². The number of hydrogen-bond acceptors (Lipinski definition) is 9. The van der Waals surface area contributed by atoms with Crippen LogP contribution in [0.3, 0.4) is 0 Å². The molecule has 51 heavy (non-hydrogen) atoms. The maximum absolute atomic E-state index is 13.7. The molecule has 0 aromatic heterocycles. The number of halogens is 1. The van der Waals surface area contributed by atoms with Crippen LogP contribution in [0.25, 0.3) is 0 Å². The van der Waals surface area contributed by atoms with Crippen molar-refractivity contribution in [3.8, 4) is 0 Å². The molecule has 1 heterocycles. The van der Waals surface area contributed by atoms with Crippen LogP contribution in [-0.2, 0) is 44.8 Å². The van der Waals surface area contributed by atoms with Crippen molar-refractivity contribution in [3.63, 3.8) is 0 Å². The molecule has 0 bridgehead atoms. The molecule has 2 rings (SSSR count). The van der Waals surface area contributed by atoms with E-state index in [0.717, 1.165) is 6.42 Å². The Hall–Kier alpha value is -5.13. The summed E-state index contributed by atoms with van der Waals surface area (Å²) in [6.07, 6.45) is 1.19. The molecule has 282 valence electrons. The molecule has 8 amide bonds. The van der Waals surface area contributed by atoms with E-state index in [2.05, 4.69) is 37.2 Å². The molecule has 3 unspecified atom stereocenters. The fourth-order valence-electron chi connectivity index (χ4n) is 5.21. The van der Waals surface area contributed by atoms with Crippen LogP contribution in [0.15, 0.2) is 24.3 Å². The predicted octanol–water partition coefficient (Wildman–Crippen LogP) is -2.36. The summed E-state index contributed by atoms with van der Waals surface area (Å²) in [5, 5.41) is 17.7. The SMILES string of the molecule is CCCC[C@H](NC(C)=O)C(=O)NC1CCC(=O)NCCC(C(N)=O)NC(=O)CNC(=O)C(Cc2ccc(F)cc2)NC(=O)[C@H](CCCN)NC1=O. The van der Waals surface area contributed by atoms with Crippen LogP contribution in [0.4, 0.5) is 4.39 Å². The van der Waals surface area contributed by atoms with E-state index in [9.17, 15) is 42.7 Å². The minimum Gasteiger partial charge on any atom is -0.368 e. The van der Waals surface area contributed by atoms with Gasteiger partial charge in [-0.25, -0.2) is 4.39 Å². The molecule has 0 radical (unpaired) electrons. The average Bonchev–Trinajstić information content (AvgIpc) is 3.08. The zero-order valence-electron chi connectivity index (χ0n) is 29.0. The first-order valence-electron chi connectivity index (χ1n) is 17.0. The highest BCUT2D eigenvalue weighted by Gasteiger charge is 2.32. The Morgan fingerprint density at radius 1 is 0.902 bits per heavy atom. The molecule has 0 aliphatic carbocycles. The Kier molecular flexibility index (Phi) is 18.0. The Bertz CT molecular complexity index is 1390. The average molecular weight is 720 g/mol. The fraction of sp³-hybridized carbons (Fsp3) is 0.576. The number of unbranched alkanes of at least 4 members (excludes halogenated alkanes) is 1. The monoisotopic (exact) mass is 719 g/mol. The van der Waals surface area contributed by atoms with E-state index in [0.29, 0.717) is 12.0 Å². The second-order valence-electron chi connectivity index (χ2n) is 12.3. The Balaban J connectivity index is 2.47. The predicted molar refractivity (Wildman–Crippen MR) is 182 cm³/mol. The molecule has 1 aromatic rings. The summed E-state index contributed by atoms with van der Waals surface area (Å²) in [6.45, 7) is 2.61. The third kappa shape index (κ3) is 15.5. The lowest BCUT2D eigenvalue weighted by atomic mass is 10.0. The van der Waals surface area contributed by atoms with Gasteiger partial charge in [0.2, 0.25) is 47.3 Å². The quantitative estimate of drug-likeness (QED) is 0.112. The maximum atomic E-state index is 13.7. The van der Waals surface area contributed by atoms with Gasteiger partial charge in [0.25, 0.3) is 0 Å². The van der Waals surface area contributed by atoms with Gasteiger partial charge in [-0.1, -0.05) is 31.9 Å². The lowest BCUT2D eigenvalue weighted by Crippen LogP contribution is -2.58. The Labute approximate surface area is 295 Å². The number of nitrogens with one attached hydrogen (secondary N) is 7. The Morgan fingerprint density at radius 2 is 1.59 bits per heavy atom. The van der Waals surface area contributed by atoms with Crippen molar-refractivity contribution in [3.05, 3.63) is 35.6 Å². The van der Waals surface area contributed by atoms with Crippen LogP contribution in [0.1, 0.15) is 70.8 Å². The molecule has 1 aliphatic rings. The summed E-state index contributed by atoms with van der Waals surface area (Å²) in [4.78, 5) is 103. The normalized spacial score (nSPS) is 21.9.